The van der Waals surface area contributed by atoms with Crippen LogP contribution in [0, 0.1) is 0 Å². The summed E-state index contributed by atoms with van der Waals surface area (Å²) in [7, 11) is -4.61. The summed E-state index contributed by atoms with van der Waals surface area (Å²) in [6.07, 6.45) is 41.3. The van der Waals surface area contributed by atoms with Crippen LogP contribution in [0.15, 0.2) is 12.2 Å². The molecule has 11 heteroatoms. The maximum atomic E-state index is 12.6. The summed E-state index contributed by atoms with van der Waals surface area (Å²) in [5.74, 6) is -1.78. The molecule has 0 fully saturated rings. The predicted molar refractivity (Wildman–Crippen MR) is 222 cm³/mol. The van der Waals surface area contributed by atoms with Gasteiger partial charge in [-0.1, -0.05) is 187 Å². The van der Waals surface area contributed by atoms with Gasteiger partial charge in [0.2, 0.25) is 0 Å². The summed E-state index contributed by atoms with van der Waals surface area (Å²) in [4.78, 5) is 33.4. The van der Waals surface area contributed by atoms with Crippen molar-refractivity contribution in [1.82, 2.24) is 0 Å². The predicted octanol–water partition coefficient (Wildman–Crippen LogP) is 12.1. The van der Waals surface area contributed by atoms with Crippen molar-refractivity contribution in [3.63, 3.8) is 0 Å². The van der Waals surface area contributed by atoms with Gasteiger partial charge in [-0.05, 0) is 32.1 Å². The van der Waals surface area contributed by atoms with E-state index in [1.54, 1.807) is 0 Å². The fourth-order valence-electron chi connectivity index (χ4n) is 6.29. The molecule has 320 valence electrons. The highest BCUT2D eigenvalue weighted by Gasteiger charge is 2.27. The van der Waals surface area contributed by atoms with E-state index in [0.717, 1.165) is 57.8 Å². The fourth-order valence-corrected chi connectivity index (χ4v) is 7.07. The van der Waals surface area contributed by atoms with Crippen molar-refractivity contribution in [2.45, 2.75) is 225 Å². The van der Waals surface area contributed by atoms with Crippen molar-refractivity contribution in [2.75, 3.05) is 26.4 Å². The first kappa shape index (κ1) is 52.7. The maximum Gasteiger partial charge on any atom is 0.472 e. The Hall–Kier alpha value is -1.29. The molecule has 0 aliphatic carbocycles. The van der Waals surface area contributed by atoms with Crippen molar-refractivity contribution in [2.24, 2.45) is 5.73 Å². The lowest BCUT2D eigenvalue weighted by molar-refractivity contribution is -0.154. The van der Waals surface area contributed by atoms with E-state index in [4.69, 9.17) is 29.4 Å². The zero-order chi connectivity index (χ0) is 39.8. The lowest BCUT2D eigenvalue weighted by atomic mass is 10.0. The number of carbonyl (C=O) groups excluding carboxylic acids is 1. The van der Waals surface area contributed by atoms with Crippen LogP contribution in [0.1, 0.15) is 213 Å². The lowest BCUT2D eigenvalue weighted by Crippen LogP contribution is -2.34. The summed E-state index contributed by atoms with van der Waals surface area (Å²) >= 11 is 0. The van der Waals surface area contributed by atoms with E-state index in [0.29, 0.717) is 13.0 Å². The Morgan fingerprint density at radius 2 is 0.981 bits per heavy atom. The topological polar surface area (TPSA) is 155 Å². The quantitative estimate of drug-likeness (QED) is 0.0235. The molecule has 0 aromatic carbocycles. The molecule has 0 aromatic rings. The number of hydrogen-bond donors (Lipinski definition) is 3. The first-order valence-corrected chi connectivity index (χ1v) is 23.7. The molecule has 0 saturated carbocycles. The van der Waals surface area contributed by atoms with Crippen molar-refractivity contribution in [3.8, 4) is 0 Å². The Labute approximate surface area is 331 Å². The molecular formula is C43H84NO9P. The van der Waals surface area contributed by atoms with Gasteiger partial charge in [-0.2, -0.15) is 0 Å². The molecule has 0 spiro atoms. The number of unbranched alkanes of at least 4 members (excludes halogenated alkanes) is 27. The number of phosphoric acid groups is 1. The zero-order valence-corrected chi connectivity index (χ0v) is 35.7. The van der Waals surface area contributed by atoms with Crippen LogP contribution in [-0.2, 0) is 32.7 Å². The number of allylic oxidation sites excluding steroid dienone is 2. The Morgan fingerprint density at radius 3 is 1.46 bits per heavy atom. The van der Waals surface area contributed by atoms with E-state index in [9.17, 15) is 19.0 Å². The van der Waals surface area contributed by atoms with E-state index < -0.39 is 45.1 Å². The normalized spacial score (nSPS) is 14.0. The largest absolute Gasteiger partial charge is 0.480 e. The number of phosphoric ester groups is 1. The minimum Gasteiger partial charge on any atom is -0.480 e. The van der Waals surface area contributed by atoms with Crippen LogP contribution < -0.4 is 5.73 Å². The van der Waals surface area contributed by atoms with Crippen molar-refractivity contribution >= 4 is 19.8 Å². The molecule has 0 saturated heterocycles. The van der Waals surface area contributed by atoms with Crippen LogP contribution in [0.2, 0.25) is 0 Å². The van der Waals surface area contributed by atoms with Gasteiger partial charge in [-0.25, -0.2) is 4.57 Å². The Morgan fingerprint density at radius 1 is 0.574 bits per heavy atom. The highest BCUT2D eigenvalue weighted by molar-refractivity contribution is 7.47. The van der Waals surface area contributed by atoms with Crippen molar-refractivity contribution < 1.29 is 42.7 Å². The van der Waals surface area contributed by atoms with Crippen molar-refractivity contribution in [1.29, 1.82) is 0 Å². The SMILES string of the molecule is CCCC/C=C\CCCCCCCC(=O)OC(COCCCCCCCCCCCCCCCCCCCCCCC)COP(=O)(O)OCC(N)C(=O)O. The zero-order valence-electron chi connectivity index (χ0n) is 34.8. The van der Waals surface area contributed by atoms with Crippen molar-refractivity contribution in [3.05, 3.63) is 12.2 Å². The molecule has 3 atom stereocenters. The third kappa shape index (κ3) is 39.0. The first-order valence-electron chi connectivity index (χ1n) is 22.2. The number of hydrogen-bond acceptors (Lipinski definition) is 8. The molecule has 0 aliphatic heterocycles. The monoisotopic (exact) mass is 790 g/mol. The van der Waals surface area contributed by atoms with Gasteiger partial charge in [0.05, 0.1) is 19.8 Å². The van der Waals surface area contributed by atoms with Crippen LogP contribution in [0.4, 0.5) is 0 Å². The third-order valence-electron chi connectivity index (χ3n) is 9.79. The average molecular weight is 790 g/mol. The molecular weight excluding hydrogens is 705 g/mol. The molecule has 0 rings (SSSR count). The molecule has 3 unspecified atom stereocenters. The highest BCUT2D eigenvalue weighted by Crippen LogP contribution is 2.43. The number of rotatable bonds is 43. The van der Waals surface area contributed by atoms with Gasteiger partial charge in [-0.15, -0.1) is 0 Å². The van der Waals surface area contributed by atoms with E-state index in [-0.39, 0.29) is 13.0 Å². The summed E-state index contributed by atoms with van der Waals surface area (Å²) < 4.78 is 33.3. The van der Waals surface area contributed by atoms with Crippen LogP contribution in [0.25, 0.3) is 0 Å². The summed E-state index contributed by atoms with van der Waals surface area (Å²) in [5.41, 5.74) is 5.35. The van der Waals surface area contributed by atoms with E-state index in [1.165, 1.54) is 128 Å². The molecule has 0 radical (unpaired) electrons. The van der Waals surface area contributed by atoms with Crippen LogP contribution in [0.3, 0.4) is 0 Å². The van der Waals surface area contributed by atoms with E-state index in [2.05, 4.69) is 26.0 Å². The number of carboxylic acid groups (broad SMARTS) is 1. The average Bonchev–Trinajstić information content (AvgIpc) is 3.15. The molecule has 0 amide bonds. The fraction of sp³-hybridized carbons (Fsp3) is 0.907. The molecule has 0 aliphatic rings. The molecule has 10 nitrogen and oxygen atoms in total. The van der Waals surface area contributed by atoms with Gasteiger partial charge < -0.3 is 25.2 Å². The third-order valence-corrected chi connectivity index (χ3v) is 10.7. The number of nitrogens with two attached hydrogens (primary N) is 1. The van der Waals surface area contributed by atoms with Gasteiger partial charge in [0.15, 0.2) is 0 Å². The molecule has 0 aromatic heterocycles. The maximum absolute atomic E-state index is 12.6. The number of ether oxygens (including phenoxy) is 2. The minimum atomic E-state index is -4.61. The summed E-state index contributed by atoms with van der Waals surface area (Å²) in [6, 6.07) is -1.47. The van der Waals surface area contributed by atoms with Gasteiger partial charge in [0, 0.05) is 13.0 Å². The number of aliphatic carboxylic acids is 1. The molecule has 0 heterocycles. The van der Waals surface area contributed by atoms with Crippen LogP contribution >= 0.6 is 7.82 Å². The Balaban J connectivity index is 4.10. The first-order chi connectivity index (χ1) is 26.2. The summed E-state index contributed by atoms with van der Waals surface area (Å²) in [5, 5.41) is 8.88. The highest BCUT2D eigenvalue weighted by atomic mass is 31.2. The number of carbonyl (C=O) groups is 2. The smallest absolute Gasteiger partial charge is 0.472 e. The van der Waals surface area contributed by atoms with Gasteiger partial charge in [0.25, 0.3) is 0 Å². The molecule has 54 heavy (non-hydrogen) atoms. The minimum absolute atomic E-state index is 0.0192. The van der Waals surface area contributed by atoms with Crippen LogP contribution in [0.5, 0.6) is 0 Å². The number of carboxylic acids is 1. The number of esters is 1. The Bertz CT molecular complexity index is 919. The molecule has 0 bridgehead atoms. The van der Waals surface area contributed by atoms with Gasteiger partial charge >= 0.3 is 19.8 Å². The lowest BCUT2D eigenvalue weighted by Gasteiger charge is -2.20. The second-order valence-corrected chi connectivity index (χ2v) is 16.6. The Kier molecular flexibility index (Phi) is 39.0. The second-order valence-electron chi connectivity index (χ2n) is 15.2. The van der Waals surface area contributed by atoms with Gasteiger partial charge in [-0.3, -0.25) is 18.6 Å². The standard InChI is InChI=1S/C43H84NO9P/c1-3-5-7-9-11-13-15-16-17-18-19-20-21-22-23-24-26-28-30-32-34-36-50-37-40(38-51-54(48,49)52-39-41(44)43(46)47)53-42(45)35-33-31-29-27-25-14-12-10-8-6-4-2/h10,12,40-41H,3-9,11,13-39,44H2,1-2H3,(H,46,47)(H,48,49)/b12-10-. The van der Waals surface area contributed by atoms with E-state index in [1.807, 2.05) is 0 Å². The van der Waals surface area contributed by atoms with E-state index >= 15 is 0 Å². The van der Waals surface area contributed by atoms with Crippen LogP contribution in [-0.4, -0.2) is 60.5 Å². The summed E-state index contributed by atoms with van der Waals surface area (Å²) in [6.45, 7) is 3.86. The van der Waals surface area contributed by atoms with Gasteiger partial charge in [0.1, 0.15) is 12.1 Å². The second kappa shape index (κ2) is 39.9. The molecule has 4 N–H and O–H groups in total.